The number of hydrogen-bond acceptors (Lipinski definition) is 6. The Hall–Kier alpha value is -3.18. The van der Waals surface area contributed by atoms with Gasteiger partial charge in [0.15, 0.2) is 0 Å². The molecule has 0 aliphatic carbocycles. The van der Waals surface area contributed by atoms with Crippen LogP contribution in [0.3, 0.4) is 0 Å². The average Bonchev–Trinajstić information content (AvgIpc) is 3.36. The van der Waals surface area contributed by atoms with Crippen molar-refractivity contribution in [3.8, 4) is 0 Å². The molecule has 10 nitrogen and oxygen atoms in total. The third-order valence-corrected chi connectivity index (χ3v) is 9.00. The maximum absolute atomic E-state index is 13.6. The van der Waals surface area contributed by atoms with Gasteiger partial charge >= 0.3 is 5.97 Å². The molecular formula is C25H33N5O5S. The smallest absolute Gasteiger partial charge is 0.341 e. The van der Waals surface area contributed by atoms with Crippen molar-refractivity contribution < 1.29 is 22.7 Å². The van der Waals surface area contributed by atoms with Crippen LogP contribution in [0.5, 0.6) is 0 Å². The first kappa shape index (κ1) is 25.9. The molecule has 0 bridgehead atoms. The zero-order valence-corrected chi connectivity index (χ0v) is 22.2. The molecule has 0 spiro atoms. The fourth-order valence-electron chi connectivity index (χ4n) is 4.74. The van der Waals surface area contributed by atoms with Gasteiger partial charge < -0.3 is 19.6 Å². The van der Waals surface area contributed by atoms with Crippen molar-refractivity contribution in [1.29, 1.82) is 0 Å². The van der Waals surface area contributed by atoms with E-state index in [2.05, 4.69) is 15.3 Å². The minimum atomic E-state index is -3.95. The first-order valence-electron chi connectivity index (χ1n) is 12.1. The van der Waals surface area contributed by atoms with Gasteiger partial charge in [0.25, 0.3) is 0 Å². The number of H-pyrrole nitrogens is 1. The van der Waals surface area contributed by atoms with E-state index in [9.17, 15) is 18.0 Å². The second-order valence-corrected chi connectivity index (χ2v) is 11.1. The van der Waals surface area contributed by atoms with Gasteiger partial charge in [0.05, 0.1) is 24.2 Å². The van der Waals surface area contributed by atoms with Gasteiger partial charge in [0.1, 0.15) is 16.3 Å². The lowest BCUT2D eigenvalue weighted by Gasteiger charge is -2.30. The second kappa shape index (κ2) is 10.1. The number of ether oxygens (including phenoxy) is 1. The van der Waals surface area contributed by atoms with Crippen LogP contribution in [0.4, 0.5) is 0 Å². The highest BCUT2D eigenvalue weighted by Crippen LogP contribution is 2.32. The van der Waals surface area contributed by atoms with Gasteiger partial charge in [-0.05, 0) is 58.2 Å². The molecule has 4 rings (SSSR count). The standard InChI is InChI=1S/C25H33N5O5S/c1-6-35-25(32)22-16(3)29(5)17(4)23(22)36(33,34)30-11-9-18(10-12-30)24(31)26-14-21-27-19-8-7-15(2)13-20(19)28-21/h7-8,13,18H,6,9-12,14H2,1-5H3,(H,26,31)(H,27,28). The topological polar surface area (TPSA) is 126 Å². The van der Waals surface area contributed by atoms with E-state index in [0.717, 1.165) is 16.6 Å². The van der Waals surface area contributed by atoms with Crippen LogP contribution in [0.15, 0.2) is 23.1 Å². The Morgan fingerprint density at radius 2 is 1.86 bits per heavy atom. The van der Waals surface area contributed by atoms with Crippen molar-refractivity contribution in [2.75, 3.05) is 19.7 Å². The number of nitrogens with zero attached hydrogens (tertiary/aromatic N) is 3. The maximum Gasteiger partial charge on any atom is 0.341 e. The number of amides is 1. The van der Waals surface area contributed by atoms with Crippen LogP contribution >= 0.6 is 0 Å². The Kier molecular flexibility index (Phi) is 7.24. The zero-order valence-electron chi connectivity index (χ0n) is 21.3. The van der Waals surface area contributed by atoms with Crippen LogP contribution in [-0.4, -0.2) is 58.8 Å². The number of imidazole rings is 1. The van der Waals surface area contributed by atoms with E-state index in [0.29, 0.717) is 30.1 Å². The summed E-state index contributed by atoms with van der Waals surface area (Å²) in [5.41, 5.74) is 4.00. The molecule has 3 heterocycles. The molecule has 3 aromatic rings. The average molecular weight is 516 g/mol. The number of nitrogens with one attached hydrogen (secondary N) is 2. The van der Waals surface area contributed by atoms with Crippen molar-refractivity contribution in [1.82, 2.24) is 24.2 Å². The molecule has 1 saturated heterocycles. The Morgan fingerprint density at radius 3 is 2.53 bits per heavy atom. The largest absolute Gasteiger partial charge is 0.462 e. The summed E-state index contributed by atoms with van der Waals surface area (Å²) in [4.78, 5) is 33.1. The molecule has 1 fully saturated rings. The first-order valence-corrected chi connectivity index (χ1v) is 13.5. The van der Waals surface area contributed by atoms with E-state index in [4.69, 9.17) is 4.74 Å². The summed E-state index contributed by atoms with van der Waals surface area (Å²) in [7, 11) is -2.22. The number of aromatic amines is 1. The van der Waals surface area contributed by atoms with Crippen LogP contribution < -0.4 is 5.32 Å². The highest BCUT2D eigenvalue weighted by atomic mass is 32.2. The monoisotopic (exact) mass is 515 g/mol. The number of hydrogen-bond donors (Lipinski definition) is 2. The van der Waals surface area contributed by atoms with Crippen LogP contribution in [-0.2, 0) is 33.1 Å². The zero-order chi connectivity index (χ0) is 26.2. The molecular weight excluding hydrogens is 482 g/mol. The molecule has 2 aromatic heterocycles. The lowest BCUT2D eigenvalue weighted by Crippen LogP contribution is -2.43. The molecule has 1 aliphatic heterocycles. The van der Waals surface area contributed by atoms with Gasteiger partial charge in [-0.1, -0.05) is 6.07 Å². The number of benzene rings is 1. The van der Waals surface area contributed by atoms with Crippen molar-refractivity contribution in [3.63, 3.8) is 0 Å². The number of fused-ring (bicyclic) bond motifs is 1. The fourth-order valence-corrected chi connectivity index (χ4v) is 6.69. The third kappa shape index (κ3) is 4.77. The van der Waals surface area contributed by atoms with Gasteiger partial charge in [-0.25, -0.2) is 18.2 Å². The maximum atomic E-state index is 13.6. The summed E-state index contributed by atoms with van der Waals surface area (Å²) in [6.45, 7) is 7.89. The number of aromatic nitrogens is 3. The molecule has 0 atom stereocenters. The Bertz CT molecular complexity index is 1410. The van der Waals surface area contributed by atoms with Gasteiger partial charge in [0.2, 0.25) is 15.9 Å². The van der Waals surface area contributed by atoms with Gasteiger partial charge in [-0.2, -0.15) is 4.31 Å². The van der Waals surface area contributed by atoms with E-state index < -0.39 is 16.0 Å². The minimum Gasteiger partial charge on any atom is -0.462 e. The van der Waals surface area contributed by atoms with Crippen LogP contribution in [0, 0.1) is 26.7 Å². The lowest BCUT2D eigenvalue weighted by atomic mass is 9.97. The van der Waals surface area contributed by atoms with Gasteiger partial charge in [-0.3, -0.25) is 4.79 Å². The second-order valence-electron chi connectivity index (χ2n) is 9.25. The summed E-state index contributed by atoms with van der Waals surface area (Å²) in [6.07, 6.45) is 0.786. The molecule has 11 heteroatoms. The van der Waals surface area contributed by atoms with E-state index >= 15 is 0 Å². The number of carbonyl (C=O) groups excluding carboxylic acids is 2. The lowest BCUT2D eigenvalue weighted by molar-refractivity contribution is -0.126. The Balaban J connectivity index is 1.42. The van der Waals surface area contributed by atoms with Crippen LogP contribution in [0.2, 0.25) is 0 Å². The van der Waals surface area contributed by atoms with Crippen LogP contribution in [0.25, 0.3) is 11.0 Å². The Labute approximate surface area is 211 Å². The highest BCUT2D eigenvalue weighted by molar-refractivity contribution is 7.89. The summed E-state index contributed by atoms with van der Waals surface area (Å²) in [6, 6.07) is 5.93. The van der Waals surface area contributed by atoms with Crippen LogP contribution in [0.1, 0.15) is 52.9 Å². The molecule has 0 radical (unpaired) electrons. The number of sulfonamides is 1. The SMILES string of the molecule is CCOC(=O)c1c(S(=O)(=O)N2CCC(C(=O)NCc3nc4ccc(C)cc4[nH]3)CC2)c(C)n(C)c1C. The van der Waals surface area contributed by atoms with Gasteiger partial charge in [0, 0.05) is 37.4 Å². The van der Waals surface area contributed by atoms with E-state index in [1.54, 1.807) is 32.4 Å². The molecule has 1 amide bonds. The number of aryl methyl sites for hydroxylation is 1. The molecule has 1 aromatic carbocycles. The van der Waals surface area contributed by atoms with Crippen molar-refractivity contribution in [2.24, 2.45) is 13.0 Å². The van der Waals surface area contributed by atoms with Crippen molar-refractivity contribution in [3.05, 3.63) is 46.5 Å². The summed E-state index contributed by atoms with van der Waals surface area (Å²) in [5, 5.41) is 2.92. The normalized spacial score (nSPS) is 15.4. The summed E-state index contributed by atoms with van der Waals surface area (Å²) < 4.78 is 35.4. The van der Waals surface area contributed by atoms with Crippen molar-refractivity contribution >= 4 is 32.9 Å². The van der Waals surface area contributed by atoms with E-state index in [-0.39, 0.29) is 48.5 Å². The number of piperidine rings is 1. The van der Waals surface area contributed by atoms with E-state index in [1.165, 1.54) is 4.31 Å². The molecule has 1 aliphatic rings. The fraction of sp³-hybridized carbons (Fsp3) is 0.480. The molecule has 194 valence electrons. The summed E-state index contributed by atoms with van der Waals surface area (Å²) in [5.74, 6) is -0.397. The number of carbonyl (C=O) groups is 2. The summed E-state index contributed by atoms with van der Waals surface area (Å²) >= 11 is 0. The molecule has 0 unspecified atom stereocenters. The number of rotatable bonds is 7. The highest BCUT2D eigenvalue weighted by Gasteiger charge is 2.38. The quantitative estimate of drug-likeness (QED) is 0.466. The Morgan fingerprint density at radius 1 is 1.17 bits per heavy atom. The third-order valence-electron chi connectivity index (χ3n) is 6.94. The minimum absolute atomic E-state index is 0.0102. The predicted molar refractivity (Wildman–Crippen MR) is 135 cm³/mol. The number of esters is 1. The molecule has 36 heavy (non-hydrogen) atoms. The molecule has 0 saturated carbocycles. The van der Waals surface area contributed by atoms with Gasteiger partial charge in [-0.15, -0.1) is 0 Å². The molecule has 2 N–H and O–H groups in total. The van der Waals surface area contributed by atoms with E-state index in [1.807, 2.05) is 25.1 Å². The first-order chi connectivity index (χ1) is 17.0. The van der Waals surface area contributed by atoms with Crippen molar-refractivity contribution in [2.45, 2.75) is 52.0 Å². The predicted octanol–water partition coefficient (Wildman–Crippen LogP) is 2.72.